The average molecular weight is 869 g/mol. The Hall–Kier alpha value is -4.62. The van der Waals surface area contributed by atoms with E-state index in [1.54, 1.807) is 0 Å². The molecule has 2 aliphatic rings. The van der Waals surface area contributed by atoms with Crippen LogP contribution in [0.1, 0.15) is 92.2 Å². The summed E-state index contributed by atoms with van der Waals surface area (Å²) >= 11 is 0.787. The highest BCUT2D eigenvalue weighted by atomic mass is 32.2. The number of nitrogens with one attached hydrogen (secondary N) is 2. The Morgan fingerprint density at radius 1 is 0.934 bits per heavy atom. The minimum Gasteiger partial charge on any atom is -0.480 e. The number of benzene rings is 1. The zero-order chi connectivity index (χ0) is 44.1. The van der Waals surface area contributed by atoms with Crippen molar-refractivity contribution in [1.29, 1.82) is 0 Å². The molecule has 0 radical (unpaired) electrons. The number of carboxylic acids is 2. The summed E-state index contributed by atoms with van der Waals surface area (Å²) in [4.78, 5) is 72.7. The molecule has 1 unspecified atom stereocenters. The highest BCUT2D eigenvalue weighted by Gasteiger charge is 2.27. The van der Waals surface area contributed by atoms with E-state index in [-0.39, 0.29) is 49.2 Å². The Bertz CT molecular complexity index is 1810. The number of amides is 2. The molecular formula is C43H64N8O9S. The molecule has 1 saturated heterocycles. The van der Waals surface area contributed by atoms with Crippen LogP contribution in [0.4, 0.5) is 11.8 Å². The van der Waals surface area contributed by atoms with Crippen molar-refractivity contribution in [3.05, 3.63) is 52.2 Å². The fourth-order valence-corrected chi connectivity index (χ4v) is 8.14. The first-order valence-electron chi connectivity index (χ1n) is 21.3. The van der Waals surface area contributed by atoms with Crippen LogP contribution in [0.3, 0.4) is 0 Å². The van der Waals surface area contributed by atoms with Gasteiger partial charge in [0, 0.05) is 88.9 Å². The number of thioether (sulfide) groups is 1. The maximum atomic E-state index is 12.8. The highest BCUT2D eigenvalue weighted by Crippen LogP contribution is 2.37. The molecule has 1 aromatic carbocycles. The molecule has 0 spiro atoms. The summed E-state index contributed by atoms with van der Waals surface area (Å²) in [5, 5.41) is 23.0. The number of unbranched alkanes of at least 4 members (excludes halogenated alkanes) is 2. The molecule has 0 saturated carbocycles. The van der Waals surface area contributed by atoms with Crippen molar-refractivity contribution < 1.29 is 43.7 Å². The molecular weight excluding hydrogens is 805 g/mol. The number of hydrogen-bond acceptors (Lipinski definition) is 14. The van der Waals surface area contributed by atoms with Crippen LogP contribution in [0, 0.1) is 6.92 Å². The number of allylic oxidation sites excluding steroid dienone is 1. The number of rotatable bonds is 29. The highest BCUT2D eigenvalue weighted by molar-refractivity contribution is 8.00. The van der Waals surface area contributed by atoms with Crippen LogP contribution < -0.4 is 22.1 Å². The molecule has 17 nitrogen and oxygen atoms in total. The number of aliphatic carboxylic acids is 2. The number of hydrogen-bond donors (Lipinski definition) is 6. The van der Waals surface area contributed by atoms with Gasteiger partial charge in [-0.25, -0.2) is 4.98 Å². The Balaban J connectivity index is 1.03. The number of nitrogens with two attached hydrogens (primary N) is 2. The maximum Gasteiger partial charge on any atom is 0.321 e. The molecule has 3 atom stereocenters. The Morgan fingerprint density at radius 3 is 2.39 bits per heavy atom. The van der Waals surface area contributed by atoms with Gasteiger partial charge in [-0.3, -0.25) is 28.9 Å². The minimum atomic E-state index is -1.25. The van der Waals surface area contributed by atoms with Crippen molar-refractivity contribution in [2.24, 2.45) is 5.73 Å². The van der Waals surface area contributed by atoms with Crippen molar-refractivity contribution in [1.82, 2.24) is 25.1 Å². The number of nitrogens with zero attached hydrogens (tertiary/aromatic N) is 4. The van der Waals surface area contributed by atoms with Gasteiger partial charge in [0.15, 0.2) is 0 Å². The van der Waals surface area contributed by atoms with Crippen LogP contribution in [-0.4, -0.2) is 142 Å². The Morgan fingerprint density at radius 2 is 1.69 bits per heavy atom. The number of carbonyl (C=O) groups excluding carboxylic acids is 3. The number of ketones is 1. The molecule has 336 valence electrons. The van der Waals surface area contributed by atoms with Gasteiger partial charge in [0.25, 0.3) is 0 Å². The van der Waals surface area contributed by atoms with Crippen molar-refractivity contribution in [3.63, 3.8) is 0 Å². The number of carboxylic acid groups (broad SMARTS) is 2. The van der Waals surface area contributed by atoms with E-state index in [1.807, 2.05) is 4.90 Å². The zero-order valence-electron chi connectivity index (χ0n) is 35.6. The predicted octanol–water partition coefficient (Wildman–Crippen LogP) is 3.23. The molecule has 18 heteroatoms. The van der Waals surface area contributed by atoms with Gasteiger partial charge in [0.1, 0.15) is 22.9 Å². The number of aromatic nitrogens is 2. The number of piperazine rings is 1. The van der Waals surface area contributed by atoms with E-state index in [1.165, 1.54) is 23.1 Å². The third kappa shape index (κ3) is 17.0. The number of nitrogen functional groups attached to an aromatic ring is 1. The molecule has 4 rings (SSSR count). The van der Waals surface area contributed by atoms with Crippen molar-refractivity contribution in [3.8, 4) is 0 Å². The molecule has 61 heavy (non-hydrogen) atoms. The van der Waals surface area contributed by atoms with Crippen molar-refractivity contribution >= 4 is 59.1 Å². The molecule has 1 fully saturated rings. The van der Waals surface area contributed by atoms with Gasteiger partial charge >= 0.3 is 11.9 Å². The molecule has 1 aliphatic carbocycles. The van der Waals surface area contributed by atoms with Crippen LogP contribution >= 0.6 is 11.8 Å². The van der Waals surface area contributed by atoms with E-state index >= 15 is 0 Å². The lowest BCUT2D eigenvalue weighted by Crippen LogP contribution is -2.48. The van der Waals surface area contributed by atoms with Crippen LogP contribution in [0.15, 0.2) is 24.3 Å². The summed E-state index contributed by atoms with van der Waals surface area (Å²) < 4.78 is 11.2. The molecule has 1 aromatic heterocycles. The van der Waals surface area contributed by atoms with Crippen LogP contribution in [0.5, 0.6) is 0 Å². The lowest BCUT2D eigenvalue weighted by atomic mass is 9.91. The monoisotopic (exact) mass is 868 g/mol. The maximum absolute atomic E-state index is 12.8. The number of Topliss-reactive ketones (excluding diaryl/α,β-unsaturated/α-hetero) is 1. The number of ether oxygens (including phenoxy) is 2. The van der Waals surface area contributed by atoms with E-state index in [0.29, 0.717) is 58.3 Å². The van der Waals surface area contributed by atoms with Crippen LogP contribution in [0.25, 0.3) is 6.08 Å². The number of carbonyl (C=O) groups is 5. The van der Waals surface area contributed by atoms with Gasteiger partial charge in [-0.1, -0.05) is 44.0 Å². The van der Waals surface area contributed by atoms with Crippen molar-refractivity contribution in [2.45, 2.75) is 95.4 Å². The Kier molecular flexibility index (Phi) is 20.9. The summed E-state index contributed by atoms with van der Waals surface area (Å²) in [6.45, 7) is 10.4. The summed E-state index contributed by atoms with van der Waals surface area (Å²) in [7, 11) is 0. The van der Waals surface area contributed by atoms with E-state index in [0.717, 1.165) is 74.3 Å². The summed E-state index contributed by atoms with van der Waals surface area (Å²) in [6, 6.07) is 5.50. The average Bonchev–Trinajstić information content (AvgIpc) is 3.63. The lowest BCUT2D eigenvalue weighted by Gasteiger charge is -2.35. The fourth-order valence-electron chi connectivity index (χ4n) is 7.15. The summed E-state index contributed by atoms with van der Waals surface area (Å²) in [5.41, 5.74) is 17.3. The topological polar surface area (TPSA) is 253 Å². The standard InChI is InChI=1S/C43H64N8O9S/c1-3-4-5-14-47-40-39-32(10-11-35(39)48-43(45)49-40)25-31-9-8-30(24-29(31)2)27-50-16-18-51(19-17-50)38(54)13-21-60-23-22-59-20-6-7-33(52)12-15-46-37(53)26-36(42(57)58)61-28-34(44)41(55)56/h8-11,24,32,34,36H,3-7,12-23,25-28,44H2,1-2H3,(H,46,53)(H,55,56)(H,57,58)(H3,45,47,48,49)/t32?,34-,36-/m0/s1. The molecule has 0 bridgehead atoms. The third-order valence-corrected chi connectivity index (χ3v) is 12.0. The quantitative estimate of drug-likeness (QED) is 0.0642. The first kappa shape index (κ1) is 49.0. The van der Waals surface area contributed by atoms with E-state index in [4.69, 9.17) is 26.0 Å². The smallest absolute Gasteiger partial charge is 0.321 e. The molecule has 1 aliphatic heterocycles. The third-order valence-electron chi connectivity index (χ3n) is 10.6. The van der Waals surface area contributed by atoms with Gasteiger partial charge in [-0.2, -0.15) is 4.98 Å². The second-order valence-corrected chi connectivity index (χ2v) is 16.7. The molecule has 8 N–H and O–H groups in total. The van der Waals surface area contributed by atoms with Crippen LogP contribution in [-0.2, 0) is 46.4 Å². The van der Waals surface area contributed by atoms with Gasteiger partial charge in [0.05, 0.1) is 31.9 Å². The van der Waals surface area contributed by atoms with E-state index < -0.39 is 29.1 Å². The summed E-state index contributed by atoms with van der Waals surface area (Å²) in [5.74, 6) is -1.87. The number of anilines is 2. The predicted molar refractivity (Wildman–Crippen MR) is 235 cm³/mol. The Labute approximate surface area is 362 Å². The van der Waals surface area contributed by atoms with Crippen molar-refractivity contribution in [2.75, 3.05) is 82.5 Å². The van der Waals surface area contributed by atoms with E-state index in [9.17, 15) is 29.1 Å². The second-order valence-electron chi connectivity index (χ2n) is 15.5. The molecule has 2 amide bonds. The zero-order valence-corrected chi connectivity index (χ0v) is 36.4. The first-order valence-corrected chi connectivity index (χ1v) is 22.3. The first-order chi connectivity index (χ1) is 29.3. The normalized spacial score (nSPS) is 15.9. The van der Waals surface area contributed by atoms with Gasteiger partial charge < -0.3 is 46.7 Å². The summed E-state index contributed by atoms with van der Waals surface area (Å²) in [6.07, 6.45) is 9.35. The largest absolute Gasteiger partial charge is 0.480 e. The fraction of sp³-hybridized carbons (Fsp3) is 0.605. The number of aryl methyl sites for hydroxylation is 1. The number of fused-ring (bicyclic) bond motifs is 1. The SMILES string of the molecule is CCCCCNc1nc(N)nc2c1C(Cc1ccc(CN3CCN(C(=O)CCOCCOCCCC(=O)CCNC(=O)C[C@H](SC[C@H](N)C(=O)O)C(=O)O)CC3)cc1C)C=C2. The van der Waals surface area contributed by atoms with Gasteiger partial charge in [0.2, 0.25) is 17.8 Å². The van der Waals surface area contributed by atoms with E-state index in [2.05, 4.69) is 69.7 Å². The molecule has 2 heterocycles. The van der Waals surface area contributed by atoms with Crippen LogP contribution in [0.2, 0.25) is 0 Å². The lowest BCUT2D eigenvalue weighted by molar-refractivity contribution is -0.139. The second kappa shape index (κ2) is 26.0. The van der Waals surface area contributed by atoms with Gasteiger partial charge in [-0.15, -0.1) is 11.8 Å². The molecule has 2 aromatic rings. The van der Waals surface area contributed by atoms with Gasteiger partial charge in [-0.05, 0) is 49.0 Å². The minimum absolute atomic E-state index is 0.0666.